The van der Waals surface area contributed by atoms with E-state index in [-0.39, 0.29) is 0 Å². The molecule has 0 unspecified atom stereocenters. The highest BCUT2D eigenvalue weighted by Crippen LogP contribution is 2.49. The minimum atomic E-state index is 0.807. The van der Waals surface area contributed by atoms with Crippen LogP contribution in [0.5, 0.6) is 0 Å². The van der Waals surface area contributed by atoms with Crippen LogP contribution in [0.3, 0.4) is 0 Å². The topological polar surface area (TPSA) is 155 Å². The number of hydrogen-bond acceptors (Lipinski definition) is 15. The summed E-state index contributed by atoms with van der Waals surface area (Å²) in [6, 6.07) is 152. The average Bonchev–Trinajstić information content (AvgIpc) is 1.59. The highest BCUT2D eigenvalue weighted by atomic mass is 32.1. The molecule has 0 aliphatic carbocycles. The van der Waals surface area contributed by atoms with Crippen LogP contribution in [0.25, 0.3) is 262 Å². The van der Waals surface area contributed by atoms with Gasteiger partial charge in [0.2, 0.25) is 0 Å². The molecule has 0 radical (unpaired) electrons. The van der Waals surface area contributed by atoms with Gasteiger partial charge in [-0.3, -0.25) is 29.9 Å². The average molecular weight is 1860 g/mol. The molecule has 0 saturated carbocycles. The zero-order valence-corrected chi connectivity index (χ0v) is 78.1. The van der Waals surface area contributed by atoms with E-state index in [0.29, 0.717) is 0 Å². The van der Waals surface area contributed by atoms with Crippen LogP contribution in [-0.2, 0) is 0 Å². The van der Waals surface area contributed by atoms with Gasteiger partial charge in [-0.2, -0.15) is 0 Å². The maximum absolute atomic E-state index is 5.32. The molecule has 27 rings (SSSR count). The lowest BCUT2D eigenvalue weighted by Gasteiger charge is -2.11. The lowest BCUT2D eigenvalue weighted by Crippen LogP contribution is -1.94. The number of benzene rings is 12. The van der Waals surface area contributed by atoms with Crippen molar-refractivity contribution in [3.63, 3.8) is 0 Å². The number of pyridine rings is 12. The Kier molecular flexibility index (Phi) is 22.3. The second kappa shape index (κ2) is 37.2. The molecule has 27 aromatic rings. The van der Waals surface area contributed by atoms with Crippen LogP contribution < -0.4 is 0 Å². The van der Waals surface area contributed by atoms with Crippen LogP contribution in [0.1, 0.15) is 0 Å². The fourth-order valence-electron chi connectivity index (χ4n) is 18.9. The van der Waals surface area contributed by atoms with Crippen molar-refractivity contribution in [1.29, 1.82) is 0 Å². The van der Waals surface area contributed by atoms with E-state index in [0.717, 1.165) is 191 Å². The molecule has 0 spiro atoms. The summed E-state index contributed by atoms with van der Waals surface area (Å²) in [6.45, 7) is 0. The molecule has 12 nitrogen and oxygen atoms in total. The molecule has 0 bridgehead atoms. The first-order valence-electron chi connectivity index (χ1n) is 46.6. The number of thiophene rings is 3. The summed E-state index contributed by atoms with van der Waals surface area (Å²) in [5.41, 5.74) is 32.6. The molecule has 0 N–H and O–H groups in total. The van der Waals surface area contributed by atoms with Gasteiger partial charge in [-0.05, 0) is 212 Å². The molecule has 0 amide bonds. The molecule has 141 heavy (non-hydrogen) atoms. The minimum absolute atomic E-state index is 0.807. The second-order valence-corrected chi connectivity index (χ2v) is 37.6. The van der Waals surface area contributed by atoms with Gasteiger partial charge < -0.3 is 0 Å². The number of rotatable bonds is 15. The normalized spacial score (nSPS) is 11.4. The summed E-state index contributed by atoms with van der Waals surface area (Å²) in [5, 5.41) is 11.0. The fourth-order valence-corrected chi connectivity index (χ4v) is 22.6. The standard InChI is InChI=1S/C48H30N4S.C42H26N4S.C36H22N4S/c1-2-10-35(11-3-1)47-46-39-12-4-5-15-45(39)53-48(46)38-25-24-36(28-42(38)52-47)33-20-16-31(17-21-33)32-18-22-34(23-19-32)37-29-43(40-13-6-8-26-49-40)51-44(30-37)41-14-7-9-27-50-41;1-2-10-29(11-3-1)41-40-33-12-4-5-15-39(33)47-42(40)32-21-20-30(24-36(32)46-41)27-16-18-28(19-17-27)31-25-37(34-13-6-8-22-43-34)45-38(26-31)35-14-7-9-23-44-35;1-2-10-23(11-3-1)35-34-27-12-4-5-15-33(27)41-36(34)26-17-16-24(20-30(26)40-35)25-21-31(28-13-6-8-18-37-28)39-32(22-25)29-14-7-9-19-38-29/h1-30H;1-26H;1-22H. The van der Waals surface area contributed by atoms with Gasteiger partial charge in [0.25, 0.3) is 0 Å². The van der Waals surface area contributed by atoms with E-state index in [4.69, 9.17) is 29.9 Å². The third kappa shape index (κ3) is 16.7. The Bertz CT molecular complexity index is 9190. The number of aromatic nitrogens is 12. The molecular weight excluding hydrogens is 1780 g/mol. The lowest BCUT2D eigenvalue weighted by molar-refractivity contribution is 1.22. The minimum Gasteiger partial charge on any atom is -0.255 e. The summed E-state index contributed by atoms with van der Waals surface area (Å²) >= 11 is 5.53. The van der Waals surface area contributed by atoms with Crippen molar-refractivity contribution >= 4 is 127 Å². The summed E-state index contributed by atoms with van der Waals surface area (Å²) in [5.74, 6) is 0. The van der Waals surface area contributed by atoms with E-state index in [1.807, 2.05) is 149 Å². The molecule has 0 saturated heterocycles. The maximum Gasteiger partial charge on any atom is 0.0900 e. The van der Waals surface area contributed by atoms with E-state index in [2.05, 4.69) is 351 Å². The van der Waals surface area contributed by atoms with Crippen LogP contribution in [0.2, 0.25) is 0 Å². The molecule has 0 aliphatic heterocycles. The van der Waals surface area contributed by atoms with Crippen molar-refractivity contribution in [2.45, 2.75) is 0 Å². The van der Waals surface area contributed by atoms with E-state index in [1.165, 1.54) is 71.3 Å². The molecule has 0 aliphatic rings. The van der Waals surface area contributed by atoms with Crippen molar-refractivity contribution < 1.29 is 0 Å². The Morgan fingerprint density at radius 1 is 0.135 bits per heavy atom. The van der Waals surface area contributed by atoms with Gasteiger partial charge >= 0.3 is 0 Å². The van der Waals surface area contributed by atoms with Crippen LogP contribution in [0.15, 0.2) is 474 Å². The molecule has 15 heteroatoms. The van der Waals surface area contributed by atoms with Gasteiger partial charge in [0.15, 0.2) is 0 Å². The van der Waals surface area contributed by atoms with Crippen LogP contribution in [0, 0.1) is 0 Å². The molecule has 12 aromatic carbocycles. The first-order chi connectivity index (χ1) is 69.8. The van der Waals surface area contributed by atoms with E-state index in [1.54, 1.807) is 37.2 Å². The van der Waals surface area contributed by atoms with E-state index >= 15 is 0 Å². The van der Waals surface area contributed by atoms with Crippen LogP contribution in [-0.4, -0.2) is 59.8 Å². The summed E-state index contributed by atoms with van der Waals surface area (Å²) in [7, 11) is 0. The quantitative estimate of drug-likeness (QED) is 0.0959. The smallest absolute Gasteiger partial charge is 0.0900 e. The van der Waals surface area contributed by atoms with Crippen LogP contribution >= 0.6 is 34.0 Å². The number of fused-ring (bicyclic) bond motifs is 15. The lowest BCUT2D eigenvalue weighted by atomic mass is 9.96. The predicted octanol–water partition coefficient (Wildman–Crippen LogP) is 33.4. The zero-order chi connectivity index (χ0) is 93.5. The molecule has 15 heterocycles. The Morgan fingerprint density at radius 3 is 0.589 bits per heavy atom. The van der Waals surface area contributed by atoms with Crippen molar-refractivity contribution in [3.05, 3.63) is 474 Å². The summed E-state index contributed by atoms with van der Waals surface area (Å²) in [4.78, 5) is 58.2. The number of hydrogen-bond donors (Lipinski definition) is 0. The Labute approximate surface area is 823 Å². The van der Waals surface area contributed by atoms with E-state index < -0.39 is 0 Å². The van der Waals surface area contributed by atoms with Gasteiger partial charge in [-0.25, -0.2) is 29.9 Å². The molecule has 0 atom stereocenters. The van der Waals surface area contributed by atoms with Gasteiger partial charge in [0, 0.05) is 131 Å². The molecule has 0 fully saturated rings. The highest BCUT2D eigenvalue weighted by Gasteiger charge is 2.24. The second-order valence-electron chi connectivity index (χ2n) is 34.5. The largest absolute Gasteiger partial charge is 0.255 e. The Balaban J connectivity index is 0.000000112. The SMILES string of the molecule is c1ccc(-c2nc3cc(-c4cc(-c5ccccn5)nc(-c5ccccn5)c4)ccc3c3sc4ccccc4c23)cc1.c1ccc(-c2nc3cc(-c4ccc(-c5cc(-c6ccccn6)nc(-c6ccccn6)c5)cc4)ccc3c3sc4ccccc4c23)cc1.c1ccc(-c2nc3cc(-c4ccc(-c5ccc(-c6cc(-c7ccccn7)nc(-c7ccccn7)c6)cc5)cc4)ccc3c3sc4ccccc4c23)cc1. The van der Waals surface area contributed by atoms with Crippen LogP contribution in [0.4, 0.5) is 0 Å². The molecular formula is C126H78N12S3. The maximum atomic E-state index is 5.32. The molecule has 15 aromatic heterocycles. The first-order valence-corrected chi connectivity index (χ1v) is 49.1. The van der Waals surface area contributed by atoms with Crippen molar-refractivity contribution in [2.24, 2.45) is 0 Å². The van der Waals surface area contributed by atoms with Gasteiger partial charge in [-0.15, -0.1) is 34.0 Å². The first kappa shape index (κ1) is 84.6. The van der Waals surface area contributed by atoms with E-state index in [9.17, 15) is 0 Å². The third-order valence-corrected chi connectivity index (χ3v) is 29.4. The third-order valence-electron chi connectivity index (χ3n) is 25.8. The zero-order valence-electron chi connectivity index (χ0n) is 75.6. The van der Waals surface area contributed by atoms with Gasteiger partial charge in [0.05, 0.1) is 102 Å². The molecule has 660 valence electrons. The monoisotopic (exact) mass is 1850 g/mol. The van der Waals surface area contributed by atoms with Crippen molar-refractivity contribution in [2.75, 3.05) is 0 Å². The highest BCUT2D eigenvalue weighted by molar-refractivity contribution is 7.27. The fraction of sp³-hybridized carbons (Fsp3) is 0. The van der Waals surface area contributed by atoms with Crippen molar-refractivity contribution in [3.8, 4) is 169 Å². The summed E-state index contributed by atoms with van der Waals surface area (Å²) in [6.07, 6.45) is 10.8. The van der Waals surface area contributed by atoms with Gasteiger partial charge in [-0.1, -0.05) is 291 Å². The Morgan fingerprint density at radius 2 is 0.340 bits per heavy atom. The van der Waals surface area contributed by atoms with Gasteiger partial charge in [0.1, 0.15) is 0 Å². The number of nitrogens with zero attached hydrogens (tertiary/aromatic N) is 12. The Hall–Kier alpha value is -18.1. The summed E-state index contributed by atoms with van der Waals surface area (Å²) < 4.78 is 7.66. The van der Waals surface area contributed by atoms with Crippen molar-refractivity contribution in [1.82, 2.24) is 59.8 Å². The predicted molar refractivity (Wildman–Crippen MR) is 586 cm³/mol.